The normalized spacial score (nSPS) is 11.1. The average Bonchev–Trinajstić information content (AvgIpc) is 2.47. The van der Waals surface area contributed by atoms with Gasteiger partial charge < -0.3 is 9.84 Å². The first-order valence-corrected chi connectivity index (χ1v) is 6.99. The van der Waals surface area contributed by atoms with Crippen LogP contribution in [0.4, 0.5) is 0 Å². The minimum Gasteiger partial charge on any atom is -0.496 e. The van der Waals surface area contributed by atoms with Crippen LogP contribution in [0.5, 0.6) is 5.75 Å². The van der Waals surface area contributed by atoms with Crippen LogP contribution in [-0.4, -0.2) is 18.8 Å². The maximum Gasteiger partial charge on any atom is 0.126 e. The van der Waals surface area contributed by atoms with Crippen molar-refractivity contribution in [2.75, 3.05) is 13.7 Å². The van der Waals surface area contributed by atoms with Crippen molar-refractivity contribution in [3.63, 3.8) is 0 Å². The van der Waals surface area contributed by atoms with Crippen LogP contribution < -0.4 is 4.74 Å². The molecule has 0 spiro atoms. The summed E-state index contributed by atoms with van der Waals surface area (Å²) < 4.78 is 5.33. The molecule has 0 aliphatic rings. The highest BCUT2D eigenvalue weighted by Gasteiger charge is 2.11. The van der Waals surface area contributed by atoms with Crippen molar-refractivity contribution in [3.05, 3.63) is 35.4 Å². The Morgan fingerprint density at radius 2 is 1.89 bits per heavy atom. The molecule has 0 radical (unpaired) electrons. The zero-order valence-electron chi connectivity index (χ0n) is 13.2. The summed E-state index contributed by atoms with van der Waals surface area (Å²) in [7, 11) is 1.68. The topological polar surface area (TPSA) is 29.5 Å². The van der Waals surface area contributed by atoms with Crippen LogP contribution in [0.2, 0.25) is 0 Å². The molecular weight excluding hydrogens is 236 g/mol. The lowest BCUT2D eigenvalue weighted by molar-refractivity contribution is 0.200. The third-order valence-electron chi connectivity index (χ3n) is 2.82. The Morgan fingerprint density at radius 3 is 2.37 bits per heavy atom. The first-order chi connectivity index (χ1) is 9.02. The molecule has 108 valence electrons. The zero-order chi connectivity index (χ0) is 14.9. The summed E-state index contributed by atoms with van der Waals surface area (Å²) in [5.74, 6) is 0.868. The van der Waals surface area contributed by atoms with Gasteiger partial charge in [-0.05, 0) is 24.1 Å². The first-order valence-electron chi connectivity index (χ1n) is 6.99. The molecule has 0 aliphatic heterocycles. The standard InChI is InChI=1S/C15H22O2.C2H6/c1-5-12-6-7-14(17-4)13(10-12)8-9-15(2,3)11-16;1-2/h6-10,16H,5,11H2,1-4H3;1-2H3/b9-8+;. The van der Waals surface area contributed by atoms with E-state index < -0.39 is 0 Å². The number of benzene rings is 1. The van der Waals surface area contributed by atoms with Crippen LogP contribution in [-0.2, 0) is 6.42 Å². The van der Waals surface area contributed by atoms with Crippen LogP contribution in [0, 0.1) is 5.41 Å². The summed E-state index contributed by atoms with van der Waals surface area (Å²) in [4.78, 5) is 0. The van der Waals surface area contributed by atoms with Crippen LogP contribution in [0.1, 0.15) is 45.7 Å². The van der Waals surface area contributed by atoms with E-state index in [1.165, 1.54) is 5.56 Å². The number of hydrogen-bond donors (Lipinski definition) is 1. The summed E-state index contributed by atoms with van der Waals surface area (Å²) in [6.45, 7) is 10.3. The predicted molar refractivity (Wildman–Crippen MR) is 83.6 cm³/mol. The molecule has 0 heterocycles. The largest absolute Gasteiger partial charge is 0.496 e. The van der Waals surface area contributed by atoms with Gasteiger partial charge in [0.05, 0.1) is 13.7 Å². The monoisotopic (exact) mass is 264 g/mol. The molecule has 0 amide bonds. The molecule has 1 N–H and O–H groups in total. The molecule has 1 rings (SSSR count). The molecule has 0 bridgehead atoms. The number of aliphatic hydroxyl groups is 1. The van der Waals surface area contributed by atoms with Crippen molar-refractivity contribution in [2.45, 2.75) is 41.0 Å². The van der Waals surface area contributed by atoms with E-state index in [-0.39, 0.29) is 12.0 Å². The van der Waals surface area contributed by atoms with E-state index in [0.29, 0.717) is 0 Å². The van der Waals surface area contributed by atoms with E-state index in [4.69, 9.17) is 4.74 Å². The Bertz CT molecular complexity index is 392. The lowest BCUT2D eigenvalue weighted by atomic mass is 9.93. The maximum absolute atomic E-state index is 9.22. The second kappa shape index (κ2) is 8.76. The Hall–Kier alpha value is -1.28. The SMILES string of the molecule is CC.CCc1ccc(OC)c(/C=C/C(C)(C)CO)c1. The minimum absolute atomic E-state index is 0.138. The molecule has 0 unspecified atom stereocenters. The van der Waals surface area contributed by atoms with Crippen LogP contribution >= 0.6 is 0 Å². The van der Waals surface area contributed by atoms with Gasteiger partial charge in [-0.25, -0.2) is 0 Å². The van der Waals surface area contributed by atoms with E-state index >= 15 is 0 Å². The Labute approximate surface area is 118 Å². The second-order valence-corrected chi connectivity index (χ2v) is 4.91. The summed E-state index contributed by atoms with van der Waals surface area (Å²) in [5.41, 5.74) is 2.15. The summed E-state index contributed by atoms with van der Waals surface area (Å²) in [5, 5.41) is 9.22. The van der Waals surface area contributed by atoms with Crippen molar-refractivity contribution in [2.24, 2.45) is 5.41 Å². The molecule has 2 heteroatoms. The van der Waals surface area contributed by atoms with Gasteiger partial charge in [0.15, 0.2) is 0 Å². The fourth-order valence-corrected chi connectivity index (χ4v) is 1.50. The molecule has 0 saturated carbocycles. The van der Waals surface area contributed by atoms with Crippen molar-refractivity contribution in [1.29, 1.82) is 0 Å². The third-order valence-corrected chi connectivity index (χ3v) is 2.82. The smallest absolute Gasteiger partial charge is 0.126 e. The van der Waals surface area contributed by atoms with Gasteiger partial charge in [0.2, 0.25) is 0 Å². The van der Waals surface area contributed by atoms with Crippen molar-refractivity contribution in [3.8, 4) is 5.75 Å². The lowest BCUT2D eigenvalue weighted by Crippen LogP contribution is -2.12. The third kappa shape index (κ3) is 5.93. The number of methoxy groups -OCH3 is 1. The fraction of sp³-hybridized carbons (Fsp3) is 0.529. The lowest BCUT2D eigenvalue weighted by Gasteiger charge is -2.16. The van der Waals surface area contributed by atoms with Gasteiger partial charge in [0, 0.05) is 11.0 Å². The minimum atomic E-state index is -0.201. The van der Waals surface area contributed by atoms with Gasteiger partial charge in [-0.15, -0.1) is 0 Å². The number of rotatable bonds is 5. The van der Waals surface area contributed by atoms with Crippen LogP contribution in [0.15, 0.2) is 24.3 Å². The molecule has 19 heavy (non-hydrogen) atoms. The van der Waals surface area contributed by atoms with Gasteiger partial charge in [0.1, 0.15) is 5.75 Å². The van der Waals surface area contributed by atoms with E-state index in [9.17, 15) is 5.11 Å². The van der Waals surface area contributed by atoms with E-state index in [1.807, 2.05) is 45.9 Å². The average molecular weight is 264 g/mol. The number of aliphatic hydroxyl groups excluding tert-OH is 1. The highest BCUT2D eigenvalue weighted by Crippen LogP contribution is 2.24. The molecule has 2 nitrogen and oxygen atoms in total. The highest BCUT2D eigenvalue weighted by molar-refractivity contribution is 5.59. The summed E-state index contributed by atoms with van der Waals surface area (Å²) >= 11 is 0. The number of aryl methyl sites for hydroxylation is 1. The maximum atomic E-state index is 9.22. The Kier molecular flexibility index (Phi) is 8.17. The van der Waals surface area contributed by atoms with E-state index in [0.717, 1.165) is 17.7 Å². The zero-order valence-corrected chi connectivity index (χ0v) is 13.2. The Morgan fingerprint density at radius 1 is 1.26 bits per heavy atom. The predicted octanol–water partition coefficient (Wildman–Crippen LogP) is 4.32. The molecule has 0 aliphatic carbocycles. The molecule has 0 saturated heterocycles. The summed E-state index contributed by atoms with van der Waals surface area (Å²) in [6, 6.07) is 6.20. The first kappa shape index (κ1) is 17.7. The molecule has 0 aromatic heterocycles. The van der Waals surface area contributed by atoms with Crippen molar-refractivity contribution >= 4 is 6.08 Å². The number of ether oxygens (including phenoxy) is 1. The highest BCUT2D eigenvalue weighted by atomic mass is 16.5. The fourth-order valence-electron chi connectivity index (χ4n) is 1.50. The van der Waals surface area contributed by atoms with Crippen LogP contribution in [0.25, 0.3) is 6.08 Å². The van der Waals surface area contributed by atoms with Gasteiger partial charge in [-0.2, -0.15) is 0 Å². The molecular formula is C17H28O2. The van der Waals surface area contributed by atoms with E-state index in [2.05, 4.69) is 19.1 Å². The molecule has 1 aromatic rings. The quantitative estimate of drug-likeness (QED) is 0.858. The Balaban J connectivity index is 0.00000154. The van der Waals surface area contributed by atoms with Gasteiger partial charge >= 0.3 is 0 Å². The number of hydrogen-bond acceptors (Lipinski definition) is 2. The second-order valence-electron chi connectivity index (χ2n) is 4.91. The van der Waals surface area contributed by atoms with E-state index in [1.54, 1.807) is 7.11 Å². The van der Waals surface area contributed by atoms with Crippen molar-refractivity contribution < 1.29 is 9.84 Å². The molecule has 1 aromatic carbocycles. The van der Waals surface area contributed by atoms with Gasteiger partial charge in [0.25, 0.3) is 0 Å². The van der Waals surface area contributed by atoms with Gasteiger partial charge in [-0.3, -0.25) is 0 Å². The van der Waals surface area contributed by atoms with Crippen molar-refractivity contribution in [1.82, 2.24) is 0 Å². The van der Waals surface area contributed by atoms with Gasteiger partial charge in [-0.1, -0.05) is 52.8 Å². The van der Waals surface area contributed by atoms with Crippen LogP contribution in [0.3, 0.4) is 0 Å². The summed E-state index contributed by atoms with van der Waals surface area (Å²) in [6.07, 6.45) is 5.05. The molecule has 0 fully saturated rings. The molecule has 0 atom stereocenters.